The van der Waals surface area contributed by atoms with Gasteiger partial charge in [-0.2, -0.15) is 0 Å². The van der Waals surface area contributed by atoms with Gasteiger partial charge in [-0.25, -0.2) is 4.68 Å². The zero-order chi connectivity index (χ0) is 5.28. The van der Waals surface area contributed by atoms with E-state index in [-0.39, 0.29) is 0 Å². The zero-order valence-corrected chi connectivity index (χ0v) is 4.48. The predicted molar refractivity (Wildman–Crippen MR) is 24.8 cm³/mol. The van der Waals surface area contributed by atoms with E-state index in [9.17, 15) is 0 Å². The van der Waals surface area contributed by atoms with Crippen molar-refractivity contribution in [3.8, 4) is 0 Å². The molecule has 1 aromatic rings. The molecule has 1 heterocycles. The smallest absolute Gasteiger partial charge is 0.180 e. The number of hydrogen-bond donors (Lipinski definition) is 0. The molecule has 0 saturated heterocycles. The molecule has 0 aliphatic heterocycles. The van der Waals surface area contributed by atoms with Crippen LogP contribution in [0.1, 0.15) is 0 Å². The van der Waals surface area contributed by atoms with Crippen molar-refractivity contribution < 1.29 is 0 Å². The summed E-state index contributed by atoms with van der Waals surface area (Å²) in [6.45, 7) is 0. The average Bonchev–Trinajstić information content (AvgIpc) is 1.87. The van der Waals surface area contributed by atoms with Gasteiger partial charge in [0.2, 0.25) is 0 Å². The number of rotatable bonds is 0. The summed E-state index contributed by atoms with van der Waals surface area (Å²) in [4.78, 5) is 0. The summed E-state index contributed by atoms with van der Waals surface area (Å²) in [5, 5.41) is 7.24. The first kappa shape index (κ1) is 4.59. The van der Waals surface area contributed by atoms with E-state index < -0.39 is 0 Å². The van der Waals surface area contributed by atoms with Gasteiger partial charge in [0.15, 0.2) is 5.15 Å². The van der Waals surface area contributed by atoms with Gasteiger partial charge < -0.3 is 0 Å². The van der Waals surface area contributed by atoms with Crippen LogP contribution in [0.25, 0.3) is 0 Å². The van der Waals surface area contributed by atoms with Crippen LogP contribution >= 0.6 is 11.6 Å². The molecule has 37 valence electrons. The molecule has 0 bridgehead atoms. The molecule has 0 spiro atoms. The van der Waals surface area contributed by atoms with Crippen molar-refractivity contribution in [1.29, 1.82) is 0 Å². The van der Waals surface area contributed by atoms with Gasteiger partial charge in [-0.1, -0.05) is 16.8 Å². The van der Waals surface area contributed by atoms with Crippen LogP contribution in [0.4, 0.5) is 0 Å². The van der Waals surface area contributed by atoms with Gasteiger partial charge in [-0.05, 0) is 0 Å². The van der Waals surface area contributed by atoms with E-state index in [1.165, 1.54) is 4.68 Å². The Morgan fingerprint density at radius 1 is 1.86 bits per heavy atom. The van der Waals surface area contributed by atoms with Crippen LogP contribution < -0.4 is 0 Å². The Kier molecular flexibility index (Phi) is 0.982. The van der Waals surface area contributed by atoms with Crippen LogP contribution in [0.5, 0.6) is 0 Å². The average molecular weight is 117 g/mol. The first-order valence-electron chi connectivity index (χ1n) is 1.73. The summed E-state index contributed by atoms with van der Waals surface area (Å²) < 4.78 is 1.42. The highest BCUT2D eigenvalue weighted by molar-refractivity contribution is 6.29. The monoisotopic (exact) mass is 116 g/mol. The molecule has 0 fully saturated rings. The lowest BCUT2D eigenvalue weighted by molar-refractivity contribution is 0.710. The molecule has 0 aliphatic carbocycles. The van der Waals surface area contributed by atoms with E-state index in [4.69, 9.17) is 11.6 Å². The third-order valence-electron chi connectivity index (χ3n) is 0.521. The minimum absolute atomic E-state index is 0.308. The van der Waals surface area contributed by atoms with Crippen LogP contribution in [0.15, 0.2) is 0 Å². The van der Waals surface area contributed by atoms with Crippen molar-refractivity contribution in [3.63, 3.8) is 0 Å². The quantitative estimate of drug-likeness (QED) is 0.487. The summed E-state index contributed by atoms with van der Waals surface area (Å²) in [5.74, 6) is 0. The van der Waals surface area contributed by atoms with Gasteiger partial charge in [0.25, 0.3) is 0 Å². The lowest BCUT2D eigenvalue weighted by atomic mass is 10.9. The first-order chi connectivity index (χ1) is 3.29. The maximum atomic E-state index is 5.31. The lowest BCUT2D eigenvalue weighted by Crippen LogP contribution is -1.86. The van der Waals surface area contributed by atoms with Gasteiger partial charge in [-0.3, -0.25) is 0 Å². The second kappa shape index (κ2) is 1.50. The Balaban J connectivity index is 3.04. The van der Waals surface area contributed by atoms with Gasteiger partial charge in [0.1, 0.15) is 6.20 Å². The minimum atomic E-state index is 0.308. The number of nitrogens with zero attached hydrogens (tertiary/aromatic N) is 3. The highest BCUT2D eigenvalue weighted by Crippen LogP contribution is 1.95. The van der Waals surface area contributed by atoms with E-state index in [0.29, 0.717) is 5.15 Å². The van der Waals surface area contributed by atoms with Crippen LogP contribution in [0.2, 0.25) is 5.15 Å². The summed E-state index contributed by atoms with van der Waals surface area (Å²) in [6, 6.07) is 0. The van der Waals surface area contributed by atoms with Crippen LogP contribution in [0, 0.1) is 6.20 Å². The summed E-state index contributed by atoms with van der Waals surface area (Å²) in [5.41, 5.74) is 0. The van der Waals surface area contributed by atoms with Crippen molar-refractivity contribution in [3.05, 3.63) is 11.3 Å². The largest absolute Gasteiger partial charge is 0.244 e. The summed E-state index contributed by atoms with van der Waals surface area (Å²) >= 11 is 5.31. The standard InChI is InChI=1S/C3H3ClN3/c1-7-2-3(4)5-6-7/h1H3. The van der Waals surface area contributed by atoms with E-state index in [2.05, 4.69) is 16.5 Å². The fourth-order valence-corrected chi connectivity index (χ4v) is 0.441. The SMILES string of the molecule is Cn1[c]c(Cl)nn1. The van der Waals surface area contributed by atoms with Crippen molar-refractivity contribution in [2.45, 2.75) is 0 Å². The summed E-state index contributed by atoms with van der Waals surface area (Å²) in [7, 11) is 1.71. The molecule has 0 N–H and O–H groups in total. The molecule has 7 heavy (non-hydrogen) atoms. The Bertz CT molecular complexity index is 142. The third kappa shape index (κ3) is 0.899. The predicted octanol–water partition coefficient (Wildman–Crippen LogP) is 0.269. The van der Waals surface area contributed by atoms with Crippen LogP contribution in [0.3, 0.4) is 0 Å². The summed E-state index contributed by atoms with van der Waals surface area (Å²) in [6.07, 6.45) is 2.60. The molecule has 3 nitrogen and oxygen atoms in total. The molecule has 0 unspecified atom stereocenters. The molecule has 0 aromatic carbocycles. The Morgan fingerprint density at radius 2 is 2.57 bits per heavy atom. The molecule has 1 radical (unpaired) electrons. The van der Waals surface area contributed by atoms with Crippen LogP contribution in [-0.2, 0) is 7.05 Å². The fraction of sp³-hybridized carbons (Fsp3) is 0.333. The number of aromatic nitrogens is 3. The first-order valence-corrected chi connectivity index (χ1v) is 2.11. The minimum Gasteiger partial charge on any atom is -0.244 e. The van der Waals surface area contributed by atoms with Gasteiger partial charge in [0, 0.05) is 7.05 Å². The molecule has 0 amide bonds. The maximum Gasteiger partial charge on any atom is 0.180 e. The fourth-order valence-electron chi connectivity index (χ4n) is 0.285. The second-order valence-corrected chi connectivity index (χ2v) is 1.47. The van der Waals surface area contributed by atoms with Crippen molar-refractivity contribution in [2.24, 2.45) is 7.05 Å². The highest BCUT2D eigenvalue weighted by atomic mass is 35.5. The molecule has 1 aromatic heterocycles. The van der Waals surface area contributed by atoms with Gasteiger partial charge in [-0.15, -0.1) is 5.10 Å². The van der Waals surface area contributed by atoms with E-state index in [1.54, 1.807) is 7.05 Å². The number of aryl methyl sites for hydroxylation is 1. The van der Waals surface area contributed by atoms with Crippen molar-refractivity contribution >= 4 is 11.6 Å². The second-order valence-electron chi connectivity index (χ2n) is 1.12. The molecular formula is C3H3ClN3. The Labute approximate surface area is 45.9 Å². The number of hydrogen-bond acceptors (Lipinski definition) is 2. The zero-order valence-electron chi connectivity index (χ0n) is 3.72. The molecule has 0 saturated carbocycles. The van der Waals surface area contributed by atoms with E-state index >= 15 is 0 Å². The van der Waals surface area contributed by atoms with E-state index in [1.807, 2.05) is 0 Å². The van der Waals surface area contributed by atoms with Crippen molar-refractivity contribution in [2.75, 3.05) is 0 Å². The van der Waals surface area contributed by atoms with Crippen LogP contribution in [-0.4, -0.2) is 15.0 Å². The third-order valence-corrected chi connectivity index (χ3v) is 0.681. The van der Waals surface area contributed by atoms with E-state index in [0.717, 1.165) is 0 Å². The maximum absolute atomic E-state index is 5.31. The molecule has 4 heteroatoms. The molecule has 0 aliphatic rings. The topological polar surface area (TPSA) is 30.7 Å². The number of halogens is 1. The van der Waals surface area contributed by atoms with Crippen molar-refractivity contribution in [1.82, 2.24) is 15.0 Å². The Hall–Kier alpha value is -0.570. The molecule has 0 atom stereocenters. The lowest BCUT2D eigenvalue weighted by Gasteiger charge is -1.73. The van der Waals surface area contributed by atoms with Gasteiger partial charge in [0.05, 0.1) is 0 Å². The molecular weight excluding hydrogens is 114 g/mol. The highest BCUT2D eigenvalue weighted by Gasteiger charge is 1.88. The van der Waals surface area contributed by atoms with Gasteiger partial charge >= 0.3 is 0 Å². The normalized spacial score (nSPS) is 9.43. The molecule has 1 rings (SSSR count). The Morgan fingerprint density at radius 3 is 2.71 bits per heavy atom.